The van der Waals surface area contributed by atoms with Crippen molar-refractivity contribution in [2.45, 2.75) is 26.7 Å². The lowest BCUT2D eigenvalue weighted by atomic mass is 10.0. The molecule has 0 saturated heterocycles. The molecule has 0 radical (unpaired) electrons. The van der Waals surface area contributed by atoms with Crippen LogP contribution >= 0.6 is 0 Å². The van der Waals surface area contributed by atoms with Crippen molar-refractivity contribution in [2.75, 3.05) is 6.61 Å². The first kappa shape index (κ1) is 11.6. The van der Waals surface area contributed by atoms with E-state index >= 15 is 0 Å². The zero-order chi connectivity index (χ0) is 10.3. The Bertz CT molecular complexity index is 230. The Hall–Kier alpha value is -1.37. The first-order chi connectivity index (χ1) is 6.11. The highest BCUT2D eigenvalue weighted by Crippen LogP contribution is 2.07. The summed E-state index contributed by atoms with van der Waals surface area (Å²) in [5.74, 6) is -1.36. The number of carbonyl (C=O) groups excluding carboxylic acids is 2. The SMILES string of the molecule is CCOC(=O)[C@H](C#N)CCC(C)=O. The van der Waals surface area contributed by atoms with Crippen LogP contribution in [0.3, 0.4) is 0 Å². The third-order valence-corrected chi connectivity index (χ3v) is 1.51. The highest BCUT2D eigenvalue weighted by Gasteiger charge is 2.18. The van der Waals surface area contributed by atoms with Gasteiger partial charge < -0.3 is 9.53 Å². The van der Waals surface area contributed by atoms with Gasteiger partial charge in [-0.05, 0) is 20.3 Å². The minimum absolute atomic E-state index is 0.0236. The zero-order valence-corrected chi connectivity index (χ0v) is 7.87. The topological polar surface area (TPSA) is 67.2 Å². The molecule has 0 aliphatic rings. The summed E-state index contributed by atoms with van der Waals surface area (Å²) in [4.78, 5) is 21.6. The molecule has 0 heterocycles. The van der Waals surface area contributed by atoms with Gasteiger partial charge >= 0.3 is 5.97 Å². The van der Waals surface area contributed by atoms with Crippen LogP contribution in [-0.2, 0) is 14.3 Å². The maximum Gasteiger partial charge on any atom is 0.323 e. The van der Waals surface area contributed by atoms with Crippen LogP contribution in [0.2, 0.25) is 0 Å². The molecule has 4 heteroatoms. The summed E-state index contributed by atoms with van der Waals surface area (Å²) >= 11 is 0. The van der Waals surface area contributed by atoms with Gasteiger partial charge in [-0.2, -0.15) is 5.26 Å². The summed E-state index contributed by atoms with van der Waals surface area (Å²) in [7, 11) is 0. The standard InChI is InChI=1S/C9H13NO3/c1-3-13-9(12)8(6-10)5-4-7(2)11/h8H,3-5H2,1-2H3/t8-/m0/s1. The summed E-state index contributed by atoms with van der Waals surface area (Å²) in [6.07, 6.45) is 0.502. The summed E-state index contributed by atoms with van der Waals surface area (Å²) in [5.41, 5.74) is 0. The van der Waals surface area contributed by atoms with Crippen LogP contribution in [-0.4, -0.2) is 18.4 Å². The lowest BCUT2D eigenvalue weighted by molar-refractivity contribution is -0.146. The number of nitriles is 1. The second kappa shape index (κ2) is 6.18. The molecule has 0 aromatic rings. The molecule has 1 atom stereocenters. The number of carbonyl (C=O) groups is 2. The van der Waals surface area contributed by atoms with Crippen molar-refractivity contribution in [3.63, 3.8) is 0 Å². The molecule has 0 aromatic heterocycles. The van der Waals surface area contributed by atoms with Crippen LogP contribution in [0.5, 0.6) is 0 Å². The lowest BCUT2D eigenvalue weighted by Crippen LogP contribution is -2.16. The maximum atomic E-state index is 11.0. The molecule has 13 heavy (non-hydrogen) atoms. The van der Waals surface area contributed by atoms with E-state index in [1.165, 1.54) is 6.92 Å². The molecule has 0 spiro atoms. The Labute approximate surface area is 77.5 Å². The molecule has 0 aliphatic heterocycles. The van der Waals surface area contributed by atoms with Crippen molar-refractivity contribution in [1.29, 1.82) is 5.26 Å². The number of hydrogen-bond acceptors (Lipinski definition) is 4. The van der Waals surface area contributed by atoms with Gasteiger partial charge in [-0.15, -0.1) is 0 Å². The van der Waals surface area contributed by atoms with Crippen molar-refractivity contribution in [3.8, 4) is 6.07 Å². The highest BCUT2D eigenvalue weighted by atomic mass is 16.5. The number of ketones is 1. The molecule has 72 valence electrons. The van der Waals surface area contributed by atoms with Crippen LogP contribution in [0.4, 0.5) is 0 Å². The Kier molecular flexibility index (Phi) is 5.53. The summed E-state index contributed by atoms with van der Waals surface area (Å²) in [5, 5.41) is 8.57. The van der Waals surface area contributed by atoms with E-state index in [9.17, 15) is 9.59 Å². The van der Waals surface area contributed by atoms with Gasteiger partial charge in [0.2, 0.25) is 0 Å². The first-order valence-electron chi connectivity index (χ1n) is 4.17. The number of nitrogens with zero attached hydrogens (tertiary/aromatic N) is 1. The number of Topliss-reactive ketones (excluding diaryl/α,β-unsaturated/α-hetero) is 1. The van der Waals surface area contributed by atoms with E-state index in [2.05, 4.69) is 4.74 Å². The molecule has 0 aliphatic carbocycles. The molecule has 0 bridgehead atoms. The normalized spacial score (nSPS) is 11.5. The van der Waals surface area contributed by atoms with Gasteiger partial charge in [0.1, 0.15) is 11.7 Å². The van der Waals surface area contributed by atoms with Gasteiger partial charge in [0.25, 0.3) is 0 Å². The van der Waals surface area contributed by atoms with Crippen LogP contribution in [0.25, 0.3) is 0 Å². The summed E-state index contributed by atoms with van der Waals surface area (Å²) < 4.78 is 4.65. The van der Waals surface area contributed by atoms with E-state index in [1.54, 1.807) is 6.92 Å². The number of esters is 1. The van der Waals surface area contributed by atoms with Crippen LogP contribution < -0.4 is 0 Å². The van der Waals surface area contributed by atoms with Crippen molar-refractivity contribution in [1.82, 2.24) is 0 Å². The first-order valence-corrected chi connectivity index (χ1v) is 4.17. The number of hydrogen-bond donors (Lipinski definition) is 0. The van der Waals surface area contributed by atoms with Crippen LogP contribution in [0.15, 0.2) is 0 Å². The Morgan fingerprint density at radius 3 is 2.54 bits per heavy atom. The lowest BCUT2D eigenvalue weighted by Gasteiger charge is -2.06. The average molecular weight is 183 g/mol. The second-order valence-electron chi connectivity index (χ2n) is 2.67. The molecule has 0 saturated carbocycles. The van der Waals surface area contributed by atoms with Gasteiger partial charge in [0.15, 0.2) is 0 Å². The van der Waals surface area contributed by atoms with Crippen molar-refractivity contribution in [3.05, 3.63) is 0 Å². The molecular formula is C9H13NO3. The van der Waals surface area contributed by atoms with E-state index in [0.717, 1.165) is 0 Å². The molecule has 0 fully saturated rings. The van der Waals surface area contributed by atoms with Crippen molar-refractivity contribution >= 4 is 11.8 Å². The van der Waals surface area contributed by atoms with Gasteiger partial charge in [-0.25, -0.2) is 0 Å². The predicted octanol–water partition coefficient (Wildman–Crippen LogP) is 1.06. The van der Waals surface area contributed by atoms with Gasteiger partial charge in [-0.1, -0.05) is 0 Å². The molecular weight excluding hydrogens is 170 g/mol. The smallest absolute Gasteiger partial charge is 0.323 e. The van der Waals surface area contributed by atoms with E-state index < -0.39 is 11.9 Å². The molecule has 0 rings (SSSR count). The van der Waals surface area contributed by atoms with Crippen LogP contribution in [0.1, 0.15) is 26.7 Å². The minimum Gasteiger partial charge on any atom is -0.465 e. The molecule has 0 aromatic carbocycles. The van der Waals surface area contributed by atoms with E-state index in [1.807, 2.05) is 6.07 Å². The Morgan fingerprint density at radius 2 is 2.15 bits per heavy atom. The van der Waals surface area contributed by atoms with Crippen molar-refractivity contribution < 1.29 is 14.3 Å². The van der Waals surface area contributed by atoms with Crippen LogP contribution in [0, 0.1) is 17.2 Å². The fourth-order valence-electron chi connectivity index (χ4n) is 0.826. The number of ether oxygens (including phenoxy) is 1. The zero-order valence-electron chi connectivity index (χ0n) is 7.87. The fraction of sp³-hybridized carbons (Fsp3) is 0.667. The van der Waals surface area contributed by atoms with Gasteiger partial charge in [0.05, 0.1) is 12.7 Å². The van der Waals surface area contributed by atoms with Gasteiger partial charge in [-0.3, -0.25) is 4.79 Å². The maximum absolute atomic E-state index is 11.0. The monoisotopic (exact) mass is 183 g/mol. The summed E-state index contributed by atoms with van der Waals surface area (Å²) in [6.45, 7) is 3.37. The second-order valence-corrected chi connectivity index (χ2v) is 2.67. The van der Waals surface area contributed by atoms with E-state index in [4.69, 9.17) is 5.26 Å². The highest BCUT2D eigenvalue weighted by molar-refractivity contribution is 5.78. The Morgan fingerprint density at radius 1 is 1.54 bits per heavy atom. The molecule has 0 amide bonds. The average Bonchev–Trinajstić information content (AvgIpc) is 2.05. The third-order valence-electron chi connectivity index (χ3n) is 1.51. The minimum atomic E-state index is -0.802. The van der Waals surface area contributed by atoms with E-state index in [-0.39, 0.29) is 25.2 Å². The largest absolute Gasteiger partial charge is 0.465 e. The Balaban J connectivity index is 3.97. The third kappa shape index (κ3) is 4.96. The quantitative estimate of drug-likeness (QED) is 0.597. The number of rotatable bonds is 5. The predicted molar refractivity (Wildman–Crippen MR) is 45.7 cm³/mol. The molecule has 4 nitrogen and oxygen atoms in total. The van der Waals surface area contributed by atoms with E-state index in [0.29, 0.717) is 0 Å². The fourth-order valence-corrected chi connectivity index (χ4v) is 0.826. The van der Waals surface area contributed by atoms with Crippen molar-refractivity contribution in [2.24, 2.45) is 5.92 Å². The van der Waals surface area contributed by atoms with Gasteiger partial charge in [0, 0.05) is 6.42 Å². The molecule has 0 N–H and O–H groups in total. The summed E-state index contributed by atoms with van der Waals surface area (Å²) in [6, 6.07) is 1.82. The molecule has 0 unspecified atom stereocenters.